The molecule has 0 aromatic heterocycles. The number of hydrogen-bond donors (Lipinski definition) is 1. The average Bonchev–Trinajstić information content (AvgIpc) is 2.65. The van der Waals surface area contributed by atoms with Crippen molar-refractivity contribution in [3.63, 3.8) is 0 Å². The van der Waals surface area contributed by atoms with Gasteiger partial charge < -0.3 is 10.1 Å². The first kappa shape index (κ1) is 17.8. The Morgan fingerprint density at radius 2 is 1.84 bits per heavy atom. The van der Waals surface area contributed by atoms with Crippen LogP contribution in [0.4, 0.5) is 0 Å². The highest BCUT2D eigenvalue weighted by atomic mass is 35.5. The van der Waals surface area contributed by atoms with Crippen LogP contribution in [0.5, 0.6) is 5.75 Å². The van der Waals surface area contributed by atoms with E-state index in [0.717, 1.165) is 24.2 Å². The molecule has 2 aromatic carbocycles. The lowest BCUT2D eigenvalue weighted by Crippen LogP contribution is -2.37. The third-order valence-electron chi connectivity index (χ3n) is 4.64. The van der Waals surface area contributed by atoms with E-state index in [1.807, 2.05) is 37.3 Å². The zero-order chi connectivity index (χ0) is 17.6. The summed E-state index contributed by atoms with van der Waals surface area (Å²) >= 11 is 5.88. The van der Waals surface area contributed by atoms with E-state index in [1.54, 1.807) is 0 Å². The molecule has 0 saturated heterocycles. The summed E-state index contributed by atoms with van der Waals surface area (Å²) in [5, 5.41) is 3.64. The number of ether oxygens (including phenoxy) is 1. The van der Waals surface area contributed by atoms with Crippen molar-refractivity contribution in [3.8, 4) is 5.75 Å². The first-order chi connectivity index (χ1) is 12.2. The Morgan fingerprint density at radius 3 is 2.56 bits per heavy atom. The van der Waals surface area contributed by atoms with Gasteiger partial charge in [0.05, 0.1) is 0 Å². The molecule has 2 aromatic rings. The molecule has 1 amide bonds. The fourth-order valence-corrected chi connectivity index (χ4v) is 3.30. The predicted octanol–water partition coefficient (Wildman–Crippen LogP) is 4.69. The molecule has 0 bridgehead atoms. The Balaban J connectivity index is 1.59. The van der Waals surface area contributed by atoms with Crippen molar-refractivity contribution >= 4 is 17.5 Å². The van der Waals surface area contributed by atoms with E-state index in [2.05, 4.69) is 17.4 Å². The van der Waals surface area contributed by atoms with Crippen molar-refractivity contribution in [2.24, 2.45) is 0 Å². The molecule has 132 valence electrons. The van der Waals surface area contributed by atoms with Gasteiger partial charge in [0.15, 0.2) is 6.10 Å². The van der Waals surface area contributed by atoms with Gasteiger partial charge in [0.25, 0.3) is 5.91 Å². The summed E-state index contributed by atoms with van der Waals surface area (Å²) in [6.07, 6.45) is 4.89. The second kappa shape index (κ2) is 8.39. The van der Waals surface area contributed by atoms with Crippen molar-refractivity contribution in [1.82, 2.24) is 5.32 Å². The zero-order valence-corrected chi connectivity index (χ0v) is 15.3. The highest BCUT2D eigenvalue weighted by molar-refractivity contribution is 6.30. The molecular formula is C21H24ClNO2. The maximum Gasteiger partial charge on any atom is 0.261 e. The molecule has 3 nitrogen and oxygen atoms in total. The highest BCUT2D eigenvalue weighted by Gasteiger charge is 2.19. The minimum Gasteiger partial charge on any atom is -0.481 e. The van der Waals surface area contributed by atoms with Gasteiger partial charge in [-0.15, -0.1) is 0 Å². The van der Waals surface area contributed by atoms with E-state index in [9.17, 15) is 4.79 Å². The van der Waals surface area contributed by atoms with Gasteiger partial charge in [-0.05, 0) is 73.1 Å². The summed E-state index contributed by atoms with van der Waals surface area (Å²) in [6, 6.07) is 13.7. The van der Waals surface area contributed by atoms with E-state index in [0.29, 0.717) is 18.0 Å². The molecule has 3 rings (SSSR count). The van der Waals surface area contributed by atoms with Crippen LogP contribution in [0.2, 0.25) is 5.02 Å². The second-order valence-electron chi connectivity index (χ2n) is 6.50. The van der Waals surface area contributed by atoms with E-state index >= 15 is 0 Å². The maximum absolute atomic E-state index is 12.4. The van der Waals surface area contributed by atoms with Crippen LogP contribution in [-0.2, 0) is 24.2 Å². The maximum atomic E-state index is 12.4. The molecule has 0 unspecified atom stereocenters. The van der Waals surface area contributed by atoms with Crippen LogP contribution < -0.4 is 10.1 Å². The van der Waals surface area contributed by atoms with Gasteiger partial charge in [-0.1, -0.05) is 36.7 Å². The molecule has 4 heteroatoms. The number of aryl methyl sites for hydroxylation is 2. The fourth-order valence-electron chi connectivity index (χ4n) is 3.17. The van der Waals surface area contributed by atoms with Gasteiger partial charge >= 0.3 is 0 Å². The van der Waals surface area contributed by atoms with Gasteiger partial charge in [-0.3, -0.25) is 4.79 Å². The topological polar surface area (TPSA) is 38.3 Å². The molecular weight excluding hydrogens is 334 g/mol. The summed E-state index contributed by atoms with van der Waals surface area (Å²) in [6.45, 7) is 2.44. The number of halogens is 1. The van der Waals surface area contributed by atoms with E-state index in [-0.39, 0.29) is 5.91 Å². The molecule has 1 aliphatic carbocycles. The summed E-state index contributed by atoms with van der Waals surface area (Å²) in [7, 11) is 0. The van der Waals surface area contributed by atoms with Crippen LogP contribution in [0.1, 0.15) is 42.9 Å². The van der Waals surface area contributed by atoms with Crippen LogP contribution in [0, 0.1) is 0 Å². The number of amides is 1. The SMILES string of the molecule is CC[C@@H](Oc1ccc2c(c1)CCCC2)C(=O)NCc1ccc(Cl)cc1. The van der Waals surface area contributed by atoms with Crippen LogP contribution in [0.15, 0.2) is 42.5 Å². The monoisotopic (exact) mass is 357 g/mol. The van der Waals surface area contributed by atoms with Gasteiger partial charge in [0.2, 0.25) is 0 Å². The van der Waals surface area contributed by atoms with Gasteiger partial charge in [-0.2, -0.15) is 0 Å². The Bertz CT molecular complexity index is 727. The van der Waals surface area contributed by atoms with E-state index in [1.165, 1.54) is 24.0 Å². The largest absolute Gasteiger partial charge is 0.481 e. The van der Waals surface area contributed by atoms with Crippen LogP contribution in [-0.4, -0.2) is 12.0 Å². The minimum absolute atomic E-state index is 0.0878. The molecule has 0 heterocycles. The Labute approximate surface area is 154 Å². The normalized spacial score (nSPS) is 14.5. The van der Waals surface area contributed by atoms with Crippen molar-refractivity contribution in [2.45, 2.75) is 51.7 Å². The number of nitrogens with one attached hydrogen (secondary N) is 1. The molecule has 0 fully saturated rings. The fraction of sp³-hybridized carbons (Fsp3) is 0.381. The van der Waals surface area contributed by atoms with Crippen molar-refractivity contribution < 1.29 is 9.53 Å². The van der Waals surface area contributed by atoms with E-state index in [4.69, 9.17) is 16.3 Å². The molecule has 0 aliphatic heterocycles. The lowest BCUT2D eigenvalue weighted by molar-refractivity contribution is -0.128. The molecule has 0 radical (unpaired) electrons. The number of fused-ring (bicyclic) bond motifs is 1. The Kier molecular flexibility index (Phi) is 5.98. The number of benzene rings is 2. The third kappa shape index (κ3) is 4.76. The molecule has 1 aliphatic rings. The van der Waals surface area contributed by atoms with Crippen molar-refractivity contribution in [3.05, 3.63) is 64.2 Å². The number of hydrogen-bond acceptors (Lipinski definition) is 2. The summed E-state index contributed by atoms with van der Waals surface area (Å²) in [5.41, 5.74) is 3.79. The molecule has 0 saturated carbocycles. The smallest absolute Gasteiger partial charge is 0.261 e. The first-order valence-corrected chi connectivity index (χ1v) is 9.34. The Morgan fingerprint density at radius 1 is 1.12 bits per heavy atom. The van der Waals surface area contributed by atoms with Crippen LogP contribution >= 0.6 is 11.6 Å². The third-order valence-corrected chi connectivity index (χ3v) is 4.89. The molecule has 1 N–H and O–H groups in total. The highest BCUT2D eigenvalue weighted by Crippen LogP contribution is 2.26. The average molecular weight is 358 g/mol. The Hall–Kier alpha value is -2.00. The number of carbonyl (C=O) groups is 1. The van der Waals surface area contributed by atoms with Gasteiger partial charge in [-0.25, -0.2) is 0 Å². The second-order valence-corrected chi connectivity index (χ2v) is 6.93. The van der Waals surface area contributed by atoms with Crippen LogP contribution in [0.25, 0.3) is 0 Å². The van der Waals surface area contributed by atoms with Crippen molar-refractivity contribution in [2.75, 3.05) is 0 Å². The van der Waals surface area contributed by atoms with Crippen LogP contribution in [0.3, 0.4) is 0 Å². The summed E-state index contributed by atoms with van der Waals surface area (Å²) < 4.78 is 5.97. The number of rotatable bonds is 6. The first-order valence-electron chi connectivity index (χ1n) is 8.96. The minimum atomic E-state index is -0.478. The number of carbonyl (C=O) groups excluding carboxylic acids is 1. The lowest BCUT2D eigenvalue weighted by atomic mass is 9.92. The van der Waals surface area contributed by atoms with Gasteiger partial charge in [0.1, 0.15) is 5.75 Å². The van der Waals surface area contributed by atoms with E-state index < -0.39 is 6.10 Å². The van der Waals surface area contributed by atoms with Crippen molar-refractivity contribution in [1.29, 1.82) is 0 Å². The quantitative estimate of drug-likeness (QED) is 0.814. The molecule has 0 spiro atoms. The molecule has 25 heavy (non-hydrogen) atoms. The standard InChI is InChI=1S/C21H24ClNO2/c1-2-20(21(24)23-14-15-7-10-18(22)11-8-15)25-19-12-9-16-5-3-4-6-17(16)13-19/h7-13,20H,2-6,14H2,1H3,(H,23,24)/t20-/m1/s1. The van der Waals surface area contributed by atoms with Gasteiger partial charge in [0, 0.05) is 11.6 Å². The summed E-state index contributed by atoms with van der Waals surface area (Å²) in [4.78, 5) is 12.4. The summed E-state index contributed by atoms with van der Waals surface area (Å²) in [5.74, 6) is 0.698. The lowest BCUT2D eigenvalue weighted by Gasteiger charge is -2.20. The predicted molar refractivity (Wildman–Crippen MR) is 101 cm³/mol. The molecule has 1 atom stereocenters. The zero-order valence-electron chi connectivity index (χ0n) is 14.6.